The van der Waals surface area contributed by atoms with Gasteiger partial charge in [-0.15, -0.1) is 0 Å². The summed E-state index contributed by atoms with van der Waals surface area (Å²) >= 11 is 0. The van der Waals surface area contributed by atoms with Crippen molar-refractivity contribution in [2.45, 2.75) is 83.3 Å². The molecule has 2 bridgehead atoms. The predicted octanol–water partition coefficient (Wildman–Crippen LogP) is 3.28. The fraction of sp³-hybridized carbons (Fsp3) is 0.696. The summed E-state index contributed by atoms with van der Waals surface area (Å²) in [4.78, 5) is 9.64. The minimum absolute atomic E-state index is 0.327. The Morgan fingerprint density at radius 2 is 2.20 bits per heavy atom. The van der Waals surface area contributed by atoms with Crippen LogP contribution in [0.4, 0.5) is 0 Å². The Morgan fingerprint density at radius 3 is 2.93 bits per heavy atom. The van der Waals surface area contributed by atoms with Crippen LogP contribution in [0.15, 0.2) is 27.8 Å². The molecule has 30 heavy (non-hydrogen) atoms. The molecule has 2 aromatic rings. The van der Waals surface area contributed by atoms with E-state index in [-0.39, 0.29) is 0 Å². The highest BCUT2D eigenvalue weighted by atomic mass is 16.3. The van der Waals surface area contributed by atoms with Crippen molar-refractivity contribution in [3.05, 3.63) is 35.8 Å². The lowest BCUT2D eigenvalue weighted by Gasteiger charge is -2.29. The third-order valence-corrected chi connectivity index (χ3v) is 7.00. The minimum atomic E-state index is 0.327. The largest absolute Gasteiger partial charge is 0.469 e. The minimum Gasteiger partial charge on any atom is -0.469 e. The van der Waals surface area contributed by atoms with Gasteiger partial charge in [-0.2, -0.15) is 5.10 Å². The molecule has 5 rings (SSSR count). The third-order valence-electron chi connectivity index (χ3n) is 7.00. The van der Waals surface area contributed by atoms with Gasteiger partial charge >= 0.3 is 0 Å². The molecule has 162 valence electrons. The van der Waals surface area contributed by atoms with E-state index in [4.69, 9.17) is 19.5 Å². The second kappa shape index (κ2) is 8.44. The van der Waals surface area contributed by atoms with Crippen molar-refractivity contribution < 1.29 is 4.42 Å². The molecule has 2 aliphatic carbocycles. The molecule has 3 heterocycles. The molecule has 2 fully saturated rings. The molecule has 1 aliphatic heterocycles. The number of hydrogen-bond acceptors (Lipinski definition) is 4. The van der Waals surface area contributed by atoms with Crippen molar-refractivity contribution in [3.8, 4) is 0 Å². The van der Waals surface area contributed by atoms with Crippen LogP contribution < -0.4 is 10.6 Å². The standard InChI is InChI=1S/C23H34N6O/c1-15(2)22-27-21-8-7-18(14-29(21)28-22)25-23(24-10-9-19-4-3-11-30-19)26-20-13-16-5-6-17(20)12-16/h3-4,11,15-18,20H,5-10,12-14H2,1-2H3,(H2,24,25,26). The van der Waals surface area contributed by atoms with E-state index in [1.54, 1.807) is 6.26 Å². The molecule has 0 spiro atoms. The van der Waals surface area contributed by atoms with Gasteiger partial charge in [0.15, 0.2) is 11.8 Å². The molecule has 0 saturated heterocycles. The smallest absolute Gasteiger partial charge is 0.191 e. The number of fused-ring (bicyclic) bond motifs is 3. The second-order valence-electron chi connectivity index (χ2n) is 9.59. The van der Waals surface area contributed by atoms with Crippen molar-refractivity contribution in [1.82, 2.24) is 25.4 Å². The average molecular weight is 411 g/mol. The number of furan rings is 1. The van der Waals surface area contributed by atoms with E-state index in [1.807, 2.05) is 12.1 Å². The summed E-state index contributed by atoms with van der Waals surface area (Å²) in [5.41, 5.74) is 0. The van der Waals surface area contributed by atoms with Gasteiger partial charge in [-0.3, -0.25) is 4.99 Å². The molecule has 0 amide bonds. The Bertz CT molecular complexity index is 870. The Labute approximate surface area is 178 Å². The second-order valence-corrected chi connectivity index (χ2v) is 9.59. The summed E-state index contributed by atoms with van der Waals surface area (Å²) in [6.45, 7) is 5.88. The van der Waals surface area contributed by atoms with Crippen molar-refractivity contribution >= 4 is 5.96 Å². The van der Waals surface area contributed by atoms with Crippen LogP contribution in [0.5, 0.6) is 0 Å². The van der Waals surface area contributed by atoms with Crippen LogP contribution in [0.2, 0.25) is 0 Å². The van der Waals surface area contributed by atoms with Crippen molar-refractivity contribution in [3.63, 3.8) is 0 Å². The average Bonchev–Trinajstić information content (AvgIpc) is 3.51. The SMILES string of the molecule is CC(C)c1nc2n(n1)CC(NC(=NCCc1ccco1)NC1CC3CCC1C3)CC2. The lowest BCUT2D eigenvalue weighted by atomic mass is 9.95. The van der Waals surface area contributed by atoms with Crippen LogP contribution in [-0.4, -0.2) is 39.4 Å². The zero-order chi connectivity index (χ0) is 20.5. The summed E-state index contributed by atoms with van der Waals surface area (Å²) in [5.74, 6) is 6.12. The first-order valence-corrected chi connectivity index (χ1v) is 11.7. The maximum Gasteiger partial charge on any atom is 0.191 e. The summed E-state index contributed by atoms with van der Waals surface area (Å²) in [5, 5.41) is 12.2. The van der Waals surface area contributed by atoms with E-state index in [1.165, 1.54) is 25.7 Å². The number of guanidine groups is 1. The molecule has 7 nitrogen and oxygen atoms in total. The summed E-state index contributed by atoms with van der Waals surface area (Å²) in [6, 6.07) is 4.85. The van der Waals surface area contributed by atoms with E-state index >= 15 is 0 Å². The Balaban J connectivity index is 1.25. The molecule has 4 atom stereocenters. The van der Waals surface area contributed by atoms with Crippen molar-refractivity contribution in [2.75, 3.05) is 6.54 Å². The van der Waals surface area contributed by atoms with Crippen LogP contribution in [0.3, 0.4) is 0 Å². The monoisotopic (exact) mass is 410 g/mol. The number of aromatic nitrogens is 3. The first-order chi connectivity index (χ1) is 14.6. The Hall–Kier alpha value is -2.31. The number of nitrogens with zero attached hydrogens (tertiary/aromatic N) is 4. The fourth-order valence-corrected chi connectivity index (χ4v) is 5.35. The normalized spacial score (nSPS) is 28.2. The number of hydrogen-bond donors (Lipinski definition) is 2. The Morgan fingerprint density at radius 1 is 1.27 bits per heavy atom. The molecule has 2 aromatic heterocycles. The number of rotatable bonds is 6. The van der Waals surface area contributed by atoms with Crippen LogP contribution in [0.25, 0.3) is 0 Å². The molecule has 0 radical (unpaired) electrons. The van der Waals surface area contributed by atoms with Gasteiger partial charge in [0.25, 0.3) is 0 Å². The molecule has 7 heteroatoms. The van der Waals surface area contributed by atoms with Gasteiger partial charge < -0.3 is 15.1 Å². The fourth-order valence-electron chi connectivity index (χ4n) is 5.35. The van der Waals surface area contributed by atoms with Crippen LogP contribution >= 0.6 is 0 Å². The van der Waals surface area contributed by atoms with Crippen molar-refractivity contribution in [1.29, 1.82) is 0 Å². The van der Waals surface area contributed by atoms with Crippen molar-refractivity contribution in [2.24, 2.45) is 16.8 Å². The van der Waals surface area contributed by atoms with E-state index < -0.39 is 0 Å². The van der Waals surface area contributed by atoms with Gasteiger partial charge in [0, 0.05) is 37.4 Å². The van der Waals surface area contributed by atoms with Gasteiger partial charge in [-0.1, -0.05) is 20.3 Å². The van der Waals surface area contributed by atoms with Gasteiger partial charge in [0.2, 0.25) is 0 Å². The Kier molecular flexibility index (Phi) is 5.52. The summed E-state index contributed by atoms with van der Waals surface area (Å²) < 4.78 is 7.56. The summed E-state index contributed by atoms with van der Waals surface area (Å²) in [7, 11) is 0. The molecular weight excluding hydrogens is 376 g/mol. The molecule has 2 N–H and O–H groups in total. The molecule has 4 unspecified atom stereocenters. The van der Waals surface area contributed by atoms with Gasteiger partial charge in [-0.05, 0) is 49.7 Å². The third kappa shape index (κ3) is 4.25. The first kappa shape index (κ1) is 19.6. The molecule has 2 saturated carbocycles. The quantitative estimate of drug-likeness (QED) is 0.564. The zero-order valence-corrected chi connectivity index (χ0v) is 18.2. The van der Waals surface area contributed by atoms with Crippen LogP contribution in [-0.2, 0) is 19.4 Å². The van der Waals surface area contributed by atoms with E-state index in [9.17, 15) is 0 Å². The van der Waals surface area contributed by atoms with Gasteiger partial charge in [0.05, 0.1) is 12.8 Å². The van der Waals surface area contributed by atoms with Crippen LogP contribution in [0, 0.1) is 11.8 Å². The van der Waals surface area contributed by atoms with Gasteiger partial charge in [0.1, 0.15) is 11.6 Å². The lowest BCUT2D eigenvalue weighted by molar-refractivity contribution is 0.369. The molecule has 0 aromatic carbocycles. The number of aryl methyl sites for hydroxylation is 1. The van der Waals surface area contributed by atoms with Gasteiger partial charge in [-0.25, -0.2) is 9.67 Å². The number of nitrogens with one attached hydrogen (secondary N) is 2. The highest BCUT2D eigenvalue weighted by Gasteiger charge is 2.40. The maximum atomic E-state index is 5.47. The zero-order valence-electron chi connectivity index (χ0n) is 18.2. The van der Waals surface area contributed by atoms with E-state index in [0.29, 0.717) is 18.0 Å². The molecular formula is C23H34N6O. The highest BCUT2D eigenvalue weighted by Crippen LogP contribution is 2.44. The number of aliphatic imine (C=N–C) groups is 1. The van der Waals surface area contributed by atoms with E-state index in [2.05, 4.69) is 29.2 Å². The van der Waals surface area contributed by atoms with E-state index in [0.717, 1.165) is 67.6 Å². The first-order valence-electron chi connectivity index (χ1n) is 11.7. The van der Waals surface area contributed by atoms with Crippen LogP contribution in [0.1, 0.15) is 69.3 Å². The lowest BCUT2D eigenvalue weighted by Crippen LogP contribution is -2.51. The molecule has 3 aliphatic rings. The predicted molar refractivity (Wildman–Crippen MR) is 116 cm³/mol. The topological polar surface area (TPSA) is 80.3 Å². The maximum absolute atomic E-state index is 5.47. The highest BCUT2D eigenvalue weighted by molar-refractivity contribution is 5.80. The summed E-state index contributed by atoms with van der Waals surface area (Å²) in [6.07, 6.45) is 10.0.